The average molecular weight is 356 g/mol. The zero-order valence-electron chi connectivity index (χ0n) is 16.8. The minimum Gasteiger partial charge on any atom is -0.354 e. The Morgan fingerprint density at radius 1 is 1.19 bits per heavy atom. The van der Waals surface area contributed by atoms with Crippen LogP contribution in [0, 0.1) is 11.8 Å². The van der Waals surface area contributed by atoms with E-state index in [2.05, 4.69) is 49.9 Å². The SMILES string of the molecule is CC(C)CC(C)CN(C)C(C)CNC(=O)Cc1cccc2cnccc12. The van der Waals surface area contributed by atoms with Crippen molar-refractivity contribution in [3.8, 4) is 0 Å². The molecule has 142 valence electrons. The molecule has 1 amide bonds. The summed E-state index contributed by atoms with van der Waals surface area (Å²) in [5, 5.41) is 5.27. The third-order valence-electron chi connectivity index (χ3n) is 4.94. The molecule has 0 fully saturated rings. The van der Waals surface area contributed by atoms with Gasteiger partial charge in [-0.2, -0.15) is 0 Å². The lowest BCUT2D eigenvalue weighted by molar-refractivity contribution is -0.120. The molecule has 2 atom stereocenters. The molecule has 1 aromatic carbocycles. The lowest BCUT2D eigenvalue weighted by Gasteiger charge is -2.28. The van der Waals surface area contributed by atoms with Crippen LogP contribution in [0.5, 0.6) is 0 Å². The van der Waals surface area contributed by atoms with Crippen LogP contribution in [-0.2, 0) is 11.2 Å². The van der Waals surface area contributed by atoms with Gasteiger partial charge in [0.2, 0.25) is 5.91 Å². The first kappa shape index (κ1) is 20.4. The van der Waals surface area contributed by atoms with E-state index in [-0.39, 0.29) is 5.91 Å². The maximum Gasteiger partial charge on any atom is 0.224 e. The van der Waals surface area contributed by atoms with E-state index in [0.717, 1.165) is 28.8 Å². The number of carbonyl (C=O) groups is 1. The smallest absolute Gasteiger partial charge is 0.224 e. The Hall–Kier alpha value is -1.94. The number of carbonyl (C=O) groups excluding carboxylic acids is 1. The summed E-state index contributed by atoms with van der Waals surface area (Å²) in [6.07, 6.45) is 5.26. The van der Waals surface area contributed by atoms with Crippen LogP contribution < -0.4 is 5.32 Å². The molecule has 1 N–H and O–H groups in total. The molecule has 4 heteroatoms. The molecule has 4 nitrogen and oxygen atoms in total. The van der Waals surface area contributed by atoms with Gasteiger partial charge in [0.1, 0.15) is 0 Å². The molecule has 1 aromatic heterocycles. The molecule has 0 spiro atoms. The summed E-state index contributed by atoms with van der Waals surface area (Å²) in [6, 6.07) is 8.33. The number of fused-ring (bicyclic) bond motifs is 1. The zero-order chi connectivity index (χ0) is 19.1. The van der Waals surface area contributed by atoms with Crippen LogP contribution in [0.1, 0.15) is 39.7 Å². The summed E-state index contributed by atoms with van der Waals surface area (Å²) in [6.45, 7) is 10.7. The van der Waals surface area contributed by atoms with Gasteiger partial charge in [-0.05, 0) is 49.2 Å². The van der Waals surface area contributed by atoms with Crippen LogP contribution in [0.2, 0.25) is 0 Å². The first-order valence-electron chi connectivity index (χ1n) is 9.65. The van der Waals surface area contributed by atoms with Crippen LogP contribution in [0.4, 0.5) is 0 Å². The fourth-order valence-electron chi connectivity index (χ4n) is 3.55. The van der Waals surface area contributed by atoms with Crippen molar-refractivity contribution in [2.75, 3.05) is 20.1 Å². The van der Waals surface area contributed by atoms with E-state index in [1.165, 1.54) is 6.42 Å². The van der Waals surface area contributed by atoms with Gasteiger partial charge in [0.15, 0.2) is 0 Å². The van der Waals surface area contributed by atoms with Crippen molar-refractivity contribution in [2.24, 2.45) is 11.8 Å². The van der Waals surface area contributed by atoms with Gasteiger partial charge in [0.05, 0.1) is 6.42 Å². The second kappa shape index (κ2) is 9.67. The molecule has 0 aliphatic carbocycles. The number of aromatic nitrogens is 1. The minimum absolute atomic E-state index is 0.0739. The van der Waals surface area contributed by atoms with Gasteiger partial charge in [-0.1, -0.05) is 39.0 Å². The van der Waals surface area contributed by atoms with E-state index in [9.17, 15) is 4.79 Å². The normalized spacial score (nSPS) is 14.0. The van der Waals surface area contributed by atoms with Crippen LogP contribution in [0.3, 0.4) is 0 Å². The van der Waals surface area contributed by atoms with Crippen LogP contribution in [0.25, 0.3) is 10.8 Å². The minimum atomic E-state index is 0.0739. The highest BCUT2D eigenvalue weighted by atomic mass is 16.1. The molecular formula is C22H33N3O. The van der Waals surface area contributed by atoms with Gasteiger partial charge in [0, 0.05) is 36.9 Å². The average Bonchev–Trinajstić information content (AvgIpc) is 2.59. The second-order valence-corrected chi connectivity index (χ2v) is 8.02. The zero-order valence-corrected chi connectivity index (χ0v) is 16.8. The number of benzene rings is 1. The predicted octanol–water partition coefficient (Wildman–Crippen LogP) is 3.90. The van der Waals surface area contributed by atoms with Gasteiger partial charge in [0.25, 0.3) is 0 Å². The summed E-state index contributed by atoms with van der Waals surface area (Å²) in [5.74, 6) is 1.47. The molecule has 0 saturated carbocycles. The van der Waals surface area contributed by atoms with Crippen molar-refractivity contribution < 1.29 is 4.79 Å². The standard InChI is InChI=1S/C22H33N3O/c1-16(2)11-17(3)15-25(5)18(4)13-24-22(26)12-19-7-6-8-20-14-23-10-9-21(19)20/h6-10,14,16-18H,11-13,15H2,1-5H3,(H,24,26). The van der Waals surface area contributed by atoms with Gasteiger partial charge < -0.3 is 10.2 Å². The lowest BCUT2D eigenvalue weighted by Crippen LogP contribution is -2.42. The van der Waals surface area contributed by atoms with Gasteiger partial charge in [-0.25, -0.2) is 0 Å². The van der Waals surface area contributed by atoms with Crippen LogP contribution in [-0.4, -0.2) is 42.0 Å². The molecule has 0 bridgehead atoms. The Kier molecular flexibility index (Phi) is 7.58. The third-order valence-corrected chi connectivity index (χ3v) is 4.94. The monoisotopic (exact) mass is 355 g/mol. The summed E-state index contributed by atoms with van der Waals surface area (Å²) in [5.41, 5.74) is 1.05. The molecule has 0 saturated heterocycles. The van der Waals surface area contributed by atoms with E-state index < -0.39 is 0 Å². The molecule has 0 aliphatic rings. The number of rotatable bonds is 9. The van der Waals surface area contributed by atoms with Gasteiger partial charge >= 0.3 is 0 Å². The Bertz CT molecular complexity index is 708. The van der Waals surface area contributed by atoms with Crippen LogP contribution in [0.15, 0.2) is 36.7 Å². The number of nitrogens with zero attached hydrogens (tertiary/aromatic N) is 2. The maximum absolute atomic E-state index is 12.4. The van der Waals surface area contributed by atoms with Crippen molar-refractivity contribution in [2.45, 2.75) is 46.6 Å². The maximum atomic E-state index is 12.4. The number of pyridine rings is 1. The number of nitrogens with one attached hydrogen (secondary N) is 1. The largest absolute Gasteiger partial charge is 0.354 e. The molecular weight excluding hydrogens is 322 g/mol. The first-order chi connectivity index (χ1) is 12.4. The summed E-state index contributed by atoms with van der Waals surface area (Å²) >= 11 is 0. The van der Waals surface area contributed by atoms with E-state index in [1.54, 1.807) is 6.20 Å². The summed E-state index contributed by atoms with van der Waals surface area (Å²) in [4.78, 5) is 18.9. The predicted molar refractivity (Wildman–Crippen MR) is 109 cm³/mol. The highest BCUT2D eigenvalue weighted by molar-refractivity contribution is 5.89. The van der Waals surface area contributed by atoms with Crippen molar-refractivity contribution in [1.29, 1.82) is 0 Å². The summed E-state index contributed by atoms with van der Waals surface area (Å²) in [7, 11) is 2.14. The highest BCUT2D eigenvalue weighted by Crippen LogP contribution is 2.18. The van der Waals surface area contributed by atoms with E-state index >= 15 is 0 Å². The molecule has 2 rings (SSSR count). The third kappa shape index (κ3) is 6.10. The van der Waals surface area contributed by atoms with E-state index in [0.29, 0.717) is 24.9 Å². The highest BCUT2D eigenvalue weighted by Gasteiger charge is 2.15. The fourth-order valence-corrected chi connectivity index (χ4v) is 3.55. The second-order valence-electron chi connectivity index (χ2n) is 8.02. The molecule has 0 radical (unpaired) electrons. The summed E-state index contributed by atoms with van der Waals surface area (Å²) < 4.78 is 0. The number of hydrogen-bond donors (Lipinski definition) is 1. The lowest BCUT2D eigenvalue weighted by atomic mass is 9.98. The number of amides is 1. The molecule has 0 aliphatic heterocycles. The number of likely N-dealkylation sites (N-methyl/N-ethyl adjacent to an activating group) is 1. The first-order valence-corrected chi connectivity index (χ1v) is 9.65. The van der Waals surface area contributed by atoms with Crippen LogP contribution >= 0.6 is 0 Å². The molecule has 2 aromatic rings. The van der Waals surface area contributed by atoms with E-state index in [1.807, 2.05) is 30.5 Å². The van der Waals surface area contributed by atoms with Crippen molar-refractivity contribution in [3.63, 3.8) is 0 Å². The fraction of sp³-hybridized carbons (Fsp3) is 0.545. The van der Waals surface area contributed by atoms with E-state index in [4.69, 9.17) is 0 Å². The Balaban J connectivity index is 1.84. The Labute approximate surface area is 158 Å². The number of hydrogen-bond acceptors (Lipinski definition) is 3. The van der Waals surface area contributed by atoms with Crippen molar-refractivity contribution >= 4 is 16.7 Å². The molecule has 2 unspecified atom stereocenters. The Morgan fingerprint density at radius 2 is 1.96 bits per heavy atom. The quantitative estimate of drug-likeness (QED) is 0.742. The van der Waals surface area contributed by atoms with Gasteiger partial charge in [-0.3, -0.25) is 9.78 Å². The van der Waals surface area contributed by atoms with Crippen molar-refractivity contribution in [3.05, 3.63) is 42.2 Å². The Morgan fingerprint density at radius 3 is 2.69 bits per heavy atom. The molecule has 1 heterocycles. The molecule has 26 heavy (non-hydrogen) atoms. The van der Waals surface area contributed by atoms with Crippen molar-refractivity contribution in [1.82, 2.24) is 15.2 Å². The van der Waals surface area contributed by atoms with Gasteiger partial charge in [-0.15, -0.1) is 0 Å². The topological polar surface area (TPSA) is 45.2 Å².